The van der Waals surface area contributed by atoms with Crippen LogP contribution in [0.2, 0.25) is 0 Å². The first kappa shape index (κ1) is 20.6. The van der Waals surface area contributed by atoms with Crippen molar-refractivity contribution in [3.8, 4) is 0 Å². The van der Waals surface area contributed by atoms with Gasteiger partial charge in [0.05, 0.1) is 10.8 Å². The van der Waals surface area contributed by atoms with Crippen molar-refractivity contribution in [3.05, 3.63) is 66.4 Å². The summed E-state index contributed by atoms with van der Waals surface area (Å²) in [6.45, 7) is 2.66. The minimum atomic E-state index is -3.57. The highest BCUT2D eigenvalue weighted by Crippen LogP contribution is 2.24. The third-order valence-electron chi connectivity index (χ3n) is 5.73. The molecule has 0 spiro atoms. The fourth-order valence-electron chi connectivity index (χ4n) is 4.16. The molecule has 2 aromatic carbocycles. The first-order valence-corrected chi connectivity index (χ1v) is 11.8. The Hall–Kier alpha value is -2.64. The van der Waals surface area contributed by atoms with Gasteiger partial charge in [0, 0.05) is 36.2 Å². The fraction of sp³-hybridized carbons (Fsp3) is 0.348. The van der Waals surface area contributed by atoms with Gasteiger partial charge in [-0.05, 0) is 49.9 Å². The third-order valence-corrected chi connectivity index (χ3v) is 7.60. The Morgan fingerprint density at radius 2 is 1.90 bits per heavy atom. The third kappa shape index (κ3) is 4.27. The van der Waals surface area contributed by atoms with E-state index in [1.165, 1.54) is 4.31 Å². The van der Waals surface area contributed by atoms with E-state index >= 15 is 0 Å². The number of H-pyrrole nitrogens is 1. The maximum Gasteiger partial charge on any atom is 0.243 e. The molecule has 2 heterocycles. The van der Waals surface area contributed by atoms with Crippen LogP contribution in [-0.2, 0) is 21.2 Å². The van der Waals surface area contributed by atoms with E-state index in [2.05, 4.69) is 16.4 Å². The zero-order valence-corrected chi connectivity index (χ0v) is 17.9. The van der Waals surface area contributed by atoms with Crippen molar-refractivity contribution in [1.29, 1.82) is 0 Å². The van der Waals surface area contributed by atoms with E-state index in [0.29, 0.717) is 25.8 Å². The maximum absolute atomic E-state index is 12.9. The number of para-hydroxylation sites is 1. The summed E-state index contributed by atoms with van der Waals surface area (Å²) < 4.78 is 27.3. The van der Waals surface area contributed by atoms with Gasteiger partial charge in [-0.1, -0.05) is 36.4 Å². The lowest BCUT2D eigenvalue weighted by atomic mass is 9.98. The first-order valence-electron chi connectivity index (χ1n) is 10.4. The Labute approximate surface area is 177 Å². The quantitative estimate of drug-likeness (QED) is 0.636. The van der Waals surface area contributed by atoms with Gasteiger partial charge in [-0.2, -0.15) is 4.31 Å². The minimum absolute atomic E-state index is 0.0437. The molecule has 1 aliphatic heterocycles. The molecular formula is C23H27N3O3S. The molecule has 158 valence electrons. The predicted octanol–water partition coefficient (Wildman–Crippen LogP) is 3.32. The highest BCUT2D eigenvalue weighted by Gasteiger charge is 2.33. The van der Waals surface area contributed by atoms with E-state index in [1.54, 1.807) is 30.3 Å². The Kier molecular flexibility index (Phi) is 5.92. The summed E-state index contributed by atoms with van der Waals surface area (Å²) in [4.78, 5) is 16.4. The van der Waals surface area contributed by atoms with Crippen LogP contribution in [-0.4, -0.2) is 42.7 Å². The van der Waals surface area contributed by atoms with Crippen LogP contribution in [0.25, 0.3) is 10.9 Å². The zero-order valence-electron chi connectivity index (χ0n) is 17.0. The summed E-state index contributed by atoms with van der Waals surface area (Å²) in [5.41, 5.74) is 2.25. The molecule has 1 amide bonds. The molecule has 1 fully saturated rings. The van der Waals surface area contributed by atoms with Gasteiger partial charge in [-0.3, -0.25) is 4.79 Å². The molecule has 3 aromatic rings. The maximum atomic E-state index is 12.9. The normalized spacial score (nSPS) is 18.9. The molecule has 0 aliphatic carbocycles. The summed E-state index contributed by atoms with van der Waals surface area (Å²) in [7, 11) is -3.57. The van der Waals surface area contributed by atoms with Crippen LogP contribution < -0.4 is 5.32 Å². The molecule has 6 nitrogen and oxygen atoms in total. The van der Waals surface area contributed by atoms with Gasteiger partial charge in [-0.25, -0.2) is 8.42 Å². The number of carbonyl (C=O) groups excluding carboxylic acids is 1. The molecule has 0 unspecified atom stereocenters. The number of aromatic nitrogens is 1. The molecule has 7 heteroatoms. The van der Waals surface area contributed by atoms with Crippen molar-refractivity contribution in [2.45, 2.75) is 37.1 Å². The summed E-state index contributed by atoms with van der Waals surface area (Å²) >= 11 is 0. The van der Waals surface area contributed by atoms with E-state index in [4.69, 9.17) is 0 Å². The number of nitrogens with zero attached hydrogens (tertiary/aromatic N) is 1. The van der Waals surface area contributed by atoms with Crippen molar-refractivity contribution >= 4 is 26.8 Å². The standard InChI is InChI=1S/C23H27N3O3S/c1-17(14-19-15-24-22-12-6-5-11-21(19)22)25-23(27)18-8-7-13-26(16-18)30(28,29)20-9-3-2-4-10-20/h2-6,9-12,15,17-18,24H,7-8,13-14,16H2,1H3,(H,25,27)/t17-,18-/m0/s1. The Morgan fingerprint density at radius 3 is 2.70 bits per heavy atom. The van der Waals surface area contributed by atoms with Crippen LogP contribution in [0.5, 0.6) is 0 Å². The number of piperidine rings is 1. The van der Waals surface area contributed by atoms with Crippen LogP contribution in [0.4, 0.5) is 0 Å². The number of hydrogen-bond donors (Lipinski definition) is 2. The Morgan fingerprint density at radius 1 is 1.17 bits per heavy atom. The lowest BCUT2D eigenvalue weighted by Crippen LogP contribution is -2.47. The summed E-state index contributed by atoms with van der Waals surface area (Å²) in [6.07, 6.45) is 4.09. The summed E-state index contributed by atoms with van der Waals surface area (Å²) in [5, 5.41) is 4.25. The molecule has 2 atom stereocenters. The van der Waals surface area contributed by atoms with Crippen molar-refractivity contribution in [1.82, 2.24) is 14.6 Å². The van der Waals surface area contributed by atoms with Gasteiger partial charge in [0.15, 0.2) is 0 Å². The zero-order chi connectivity index (χ0) is 21.1. The first-order chi connectivity index (χ1) is 14.4. The topological polar surface area (TPSA) is 82.3 Å². The second-order valence-corrected chi connectivity index (χ2v) is 9.93. The van der Waals surface area contributed by atoms with E-state index < -0.39 is 10.0 Å². The Balaban J connectivity index is 1.39. The van der Waals surface area contributed by atoms with Crippen molar-refractivity contribution in [3.63, 3.8) is 0 Å². The number of carbonyl (C=O) groups is 1. The van der Waals surface area contributed by atoms with Crippen LogP contribution in [0.1, 0.15) is 25.3 Å². The van der Waals surface area contributed by atoms with E-state index in [-0.39, 0.29) is 29.3 Å². The fourth-order valence-corrected chi connectivity index (χ4v) is 5.70. The number of amides is 1. The number of hydrogen-bond acceptors (Lipinski definition) is 3. The molecule has 30 heavy (non-hydrogen) atoms. The number of fused-ring (bicyclic) bond motifs is 1. The molecule has 4 rings (SSSR count). The average Bonchev–Trinajstić information content (AvgIpc) is 3.17. The minimum Gasteiger partial charge on any atom is -0.361 e. The molecular weight excluding hydrogens is 398 g/mol. The molecule has 1 saturated heterocycles. The lowest BCUT2D eigenvalue weighted by molar-refractivity contribution is -0.126. The second kappa shape index (κ2) is 8.62. The van der Waals surface area contributed by atoms with Crippen LogP contribution >= 0.6 is 0 Å². The van der Waals surface area contributed by atoms with E-state index in [1.807, 2.05) is 31.3 Å². The van der Waals surface area contributed by atoms with Gasteiger partial charge in [0.1, 0.15) is 0 Å². The van der Waals surface area contributed by atoms with Gasteiger partial charge < -0.3 is 10.3 Å². The van der Waals surface area contributed by atoms with Crippen molar-refractivity contribution in [2.24, 2.45) is 5.92 Å². The SMILES string of the molecule is C[C@@H](Cc1c[nH]c2ccccc12)NC(=O)[C@H]1CCCN(S(=O)(=O)c2ccccc2)C1. The summed E-state index contributed by atoms with van der Waals surface area (Å²) in [5.74, 6) is -0.405. The van der Waals surface area contributed by atoms with E-state index in [9.17, 15) is 13.2 Å². The van der Waals surface area contributed by atoms with Crippen molar-refractivity contribution < 1.29 is 13.2 Å². The van der Waals surface area contributed by atoms with Gasteiger partial charge in [0.2, 0.25) is 15.9 Å². The monoisotopic (exact) mass is 425 g/mol. The van der Waals surface area contributed by atoms with Gasteiger partial charge in [0.25, 0.3) is 0 Å². The number of benzene rings is 2. The molecule has 1 aliphatic rings. The second-order valence-electron chi connectivity index (χ2n) is 7.99. The van der Waals surface area contributed by atoms with Crippen LogP contribution in [0, 0.1) is 5.92 Å². The van der Waals surface area contributed by atoms with E-state index in [0.717, 1.165) is 16.5 Å². The molecule has 0 bridgehead atoms. The smallest absolute Gasteiger partial charge is 0.243 e. The number of nitrogens with one attached hydrogen (secondary N) is 2. The predicted molar refractivity (Wildman–Crippen MR) is 118 cm³/mol. The Bertz CT molecular complexity index is 1120. The van der Waals surface area contributed by atoms with Gasteiger partial charge in [-0.15, -0.1) is 0 Å². The summed E-state index contributed by atoms with van der Waals surface area (Å²) in [6, 6.07) is 16.5. The molecule has 1 aromatic heterocycles. The largest absolute Gasteiger partial charge is 0.361 e. The molecule has 0 saturated carbocycles. The highest BCUT2D eigenvalue weighted by atomic mass is 32.2. The van der Waals surface area contributed by atoms with Gasteiger partial charge >= 0.3 is 0 Å². The van der Waals surface area contributed by atoms with Crippen molar-refractivity contribution in [2.75, 3.05) is 13.1 Å². The average molecular weight is 426 g/mol. The van der Waals surface area contributed by atoms with Crippen LogP contribution in [0.15, 0.2) is 65.7 Å². The lowest BCUT2D eigenvalue weighted by Gasteiger charge is -2.31. The van der Waals surface area contributed by atoms with Crippen LogP contribution in [0.3, 0.4) is 0 Å². The molecule has 2 N–H and O–H groups in total. The number of sulfonamides is 1. The number of rotatable bonds is 6. The number of aromatic amines is 1. The highest BCUT2D eigenvalue weighted by molar-refractivity contribution is 7.89. The molecule has 0 radical (unpaired) electrons.